The number of carbonyl (C=O) groups is 1. The quantitative estimate of drug-likeness (QED) is 0.724. The molecule has 4 heteroatoms. The third-order valence-corrected chi connectivity index (χ3v) is 3.55. The Kier molecular flexibility index (Phi) is 2.06. The van der Waals surface area contributed by atoms with E-state index in [9.17, 15) is 4.79 Å². The van der Waals surface area contributed by atoms with Gasteiger partial charge in [-0.2, -0.15) is 10.2 Å². The maximum absolute atomic E-state index is 11.9. The van der Waals surface area contributed by atoms with Crippen LogP contribution in [0.25, 0.3) is 0 Å². The molecule has 2 aliphatic heterocycles. The van der Waals surface area contributed by atoms with Crippen molar-refractivity contribution in [3.05, 3.63) is 65.2 Å². The summed E-state index contributed by atoms with van der Waals surface area (Å²) in [7, 11) is 0. The van der Waals surface area contributed by atoms with E-state index in [1.165, 1.54) is 0 Å². The summed E-state index contributed by atoms with van der Waals surface area (Å²) in [5.74, 6) is -0.278. The first-order chi connectivity index (χ1) is 9.34. The predicted molar refractivity (Wildman–Crippen MR) is 68.3 cm³/mol. The summed E-state index contributed by atoms with van der Waals surface area (Å²) in [6.45, 7) is 0. The second kappa shape index (κ2) is 3.75. The van der Waals surface area contributed by atoms with Gasteiger partial charge < -0.3 is 4.74 Å². The molecule has 2 unspecified atom stereocenters. The van der Waals surface area contributed by atoms with Gasteiger partial charge in [-0.15, -0.1) is 0 Å². The maximum Gasteiger partial charge on any atom is 0.339 e. The second-order valence-electron chi connectivity index (χ2n) is 4.63. The summed E-state index contributed by atoms with van der Waals surface area (Å²) in [5.41, 5.74) is 3.39. The van der Waals surface area contributed by atoms with Gasteiger partial charge in [-0.05, 0) is 12.1 Å². The molecule has 0 fully saturated rings. The Labute approximate surface area is 109 Å². The number of ether oxygens (including phenoxy) is 1. The van der Waals surface area contributed by atoms with Crippen LogP contribution in [-0.4, -0.2) is 5.97 Å². The van der Waals surface area contributed by atoms with Crippen molar-refractivity contribution in [3.8, 4) is 0 Å². The molecule has 0 aliphatic carbocycles. The van der Waals surface area contributed by atoms with Crippen molar-refractivity contribution >= 4 is 11.7 Å². The van der Waals surface area contributed by atoms with Crippen LogP contribution in [0, 0.1) is 0 Å². The van der Waals surface area contributed by atoms with Crippen molar-refractivity contribution in [2.45, 2.75) is 12.1 Å². The molecule has 0 N–H and O–H groups in total. The Morgan fingerprint density at radius 2 is 1.68 bits per heavy atom. The molecule has 0 aromatic heterocycles. The minimum Gasteiger partial charge on any atom is -0.451 e. The summed E-state index contributed by atoms with van der Waals surface area (Å²) in [6, 6.07) is 15.0. The van der Waals surface area contributed by atoms with Gasteiger partial charge in [0.15, 0.2) is 6.10 Å². The lowest BCUT2D eigenvalue weighted by Crippen LogP contribution is -2.07. The van der Waals surface area contributed by atoms with Gasteiger partial charge in [0, 0.05) is 11.1 Å². The van der Waals surface area contributed by atoms with Crippen LogP contribution >= 0.6 is 0 Å². The van der Waals surface area contributed by atoms with Gasteiger partial charge >= 0.3 is 5.97 Å². The van der Waals surface area contributed by atoms with Gasteiger partial charge in [0.25, 0.3) is 0 Å². The molecular weight excluding hydrogens is 240 g/mol. The van der Waals surface area contributed by atoms with Gasteiger partial charge in [0.05, 0.1) is 11.3 Å². The number of carbonyl (C=O) groups excluding carboxylic acids is 1. The van der Waals surface area contributed by atoms with Crippen LogP contribution in [0.1, 0.15) is 33.6 Å². The van der Waals surface area contributed by atoms with Crippen LogP contribution < -0.4 is 0 Å². The molecule has 2 aliphatic rings. The molecule has 92 valence electrons. The number of fused-ring (bicyclic) bond motifs is 2. The molecule has 2 aromatic rings. The first-order valence-electron chi connectivity index (χ1n) is 6.14. The van der Waals surface area contributed by atoms with Crippen molar-refractivity contribution in [2.24, 2.45) is 10.2 Å². The van der Waals surface area contributed by atoms with Crippen molar-refractivity contribution in [1.29, 1.82) is 0 Å². The molecule has 0 saturated carbocycles. The average Bonchev–Trinajstić information content (AvgIpc) is 3.01. The fourth-order valence-electron chi connectivity index (χ4n) is 2.65. The van der Waals surface area contributed by atoms with Crippen LogP contribution in [-0.2, 0) is 4.74 Å². The van der Waals surface area contributed by atoms with Gasteiger partial charge in [-0.25, -0.2) is 4.79 Å². The zero-order valence-corrected chi connectivity index (χ0v) is 9.98. The number of benzene rings is 2. The number of hydrogen-bond donors (Lipinski definition) is 0. The predicted octanol–water partition coefficient (Wildman–Crippen LogP) is 3.74. The Hall–Kier alpha value is -2.49. The number of rotatable bonds is 1. The molecule has 2 heterocycles. The highest BCUT2D eigenvalue weighted by atomic mass is 16.5. The van der Waals surface area contributed by atoms with Crippen LogP contribution in [0.15, 0.2) is 58.8 Å². The molecule has 0 saturated heterocycles. The van der Waals surface area contributed by atoms with E-state index in [1.807, 2.05) is 42.5 Å². The smallest absolute Gasteiger partial charge is 0.339 e. The highest BCUT2D eigenvalue weighted by Crippen LogP contribution is 2.47. The minimum absolute atomic E-state index is 0.233. The Bertz CT molecular complexity index is 709. The van der Waals surface area contributed by atoms with Crippen molar-refractivity contribution < 1.29 is 9.53 Å². The average molecular weight is 250 g/mol. The monoisotopic (exact) mass is 250 g/mol. The van der Waals surface area contributed by atoms with E-state index in [4.69, 9.17) is 4.74 Å². The number of cyclic esters (lactones) is 1. The second-order valence-corrected chi connectivity index (χ2v) is 4.63. The topological polar surface area (TPSA) is 51.0 Å². The molecular formula is C15H10N2O2. The SMILES string of the molecule is O=C1OC(C2N=Nc3ccccc32)c2ccccc21. The van der Waals surface area contributed by atoms with Gasteiger partial charge in [-0.1, -0.05) is 36.4 Å². The number of hydrogen-bond acceptors (Lipinski definition) is 4. The fourth-order valence-corrected chi connectivity index (χ4v) is 2.65. The minimum atomic E-state index is -0.365. The molecule has 0 radical (unpaired) electrons. The Morgan fingerprint density at radius 1 is 0.947 bits per heavy atom. The third kappa shape index (κ3) is 1.43. The van der Waals surface area contributed by atoms with E-state index in [1.54, 1.807) is 6.07 Å². The van der Waals surface area contributed by atoms with Gasteiger partial charge in [0.1, 0.15) is 6.04 Å². The summed E-state index contributed by atoms with van der Waals surface area (Å²) in [5, 5.41) is 8.42. The number of nitrogens with zero attached hydrogens (tertiary/aromatic N) is 2. The lowest BCUT2D eigenvalue weighted by atomic mass is 9.95. The Morgan fingerprint density at radius 3 is 2.58 bits per heavy atom. The van der Waals surface area contributed by atoms with Crippen LogP contribution in [0.3, 0.4) is 0 Å². The van der Waals surface area contributed by atoms with Crippen molar-refractivity contribution in [2.75, 3.05) is 0 Å². The molecule has 4 rings (SSSR count). The normalized spacial score (nSPS) is 23.1. The van der Waals surface area contributed by atoms with Gasteiger partial charge in [0.2, 0.25) is 0 Å². The zero-order chi connectivity index (χ0) is 12.8. The largest absolute Gasteiger partial charge is 0.451 e. The molecule has 2 aromatic carbocycles. The molecule has 0 amide bonds. The fraction of sp³-hybridized carbons (Fsp3) is 0.133. The Balaban J connectivity index is 1.81. The van der Waals surface area contributed by atoms with E-state index in [2.05, 4.69) is 10.2 Å². The van der Waals surface area contributed by atoms with Crippen molar-refractivity contribution in [3.63, 3.8) is 0 Å². The third-order valence-electron chi connectivity index (χ3n) is 3.55. The summed E-state index contributed by atoms with van der Waals surface area (Å²) >= 11 is 0. The van der Waals surface area contributed by atoms with E-state index in [-0.39, 0.29) is 18.1 Å². The molecule has 0 spiro atoms. The number of azo groups is 1. The zero-order valence-electron chi connectivity index (χ0n) is 9.98. The lowest BCUT2D eigenvalue weighted by molar-refractivity contribution is 0.0329. The van der Waals surface area contributed by atoms with Crippen molar-refractivity contribution in [1.82, 2.24) is 0 Å². The molecule has 19 heavy (non-hydrogen) atoms. The molecule has 2 atom stereocenters. The molecule has 4 nitrogen and oxygen atoms in total. The van der Waals surface area contributed by atoms with E-state index >= 15 is 0 Å². The lowest BCUT2D eigenvalue weighted by Gasteiger charge is -2.15. The summed E-state index contributed by atoms with van der Waals surface area (Å²) in [6.07, 6.45) is -0.365. The summed E-state index contributed by atoms with van der Waals surface area (Å²) < 4.78 is 5.48. The van der Waals surface area contributed by atoms with Crippen LogP contribution in [0.5, 0.6) is 0 Å². The van der Waals surface area contributed by atoms with Crippen LogP contribution in [0.4, 0.5) is 5.69 Å². The van der Waals surface area contributed by atoms with Gasteiger partial charge in [-0.3, -0.25) is 0 Å². The highest BCUT2D eigenvalue weighted by Gasteiger charge is 2.39. The van der Waals surface area contributed by atoms with E-state index in [0.717, 1.165) is 16.8 Å². The van der Waals surface area contributed by atoms with E-state index in [0.29, 0.717) is 5.56 Å². The number of esters is 1. The summed E-state index contributed by atoms with van der Waals surface area (Å²) in [4.78, 5) is 11.9. The first kappa shape index (κ1) is 10.4. The standard InChI is InChI=1S/C15H10N2O2/c18-15-10-6-2-1-5-9(10)14(19-15)13-11-7-3-4-8-12(11)16-17-13/h1-8,13-14H. The first-order valence-corrected chi connectivity index (χ1v) is 6.14. The van der Waals surface area contributed by atoms with E-state index < -0.39 is 0 Å². The van der Waals surface area contributed by atoms with Crippen LogP contribution in [0.2, 0.25) is 0 Å². The molecule has 0 bridgehead atoms. The highest BCUT2D eigenvalue weighted by molar-refractivity contribution is 5.94. The maximum atomic E-state index is 11.9.